The molecule has 120 valence electrons. The average molecular weight is 334 g/mol. The molecule has 23 heavy (non-hydrogen) atoms. The van der Waals surface area contributed by atoms with Crippen molar-refractivity contribution >= 4 is 23.3 Å². The number of para-hydroxylation sites is 1. The molecule has 1 aliphatic heterocycles. The lowest BCUT2D eigenvalue weighted by atomic mass is 10.3. The lowest BCUT2D eigenvalue weighted by molar-refractivity contribution is 0.204. The highest BCUT2D eigenvalue weighted by Gasteiger charge is 2.22. The summed E-state index contributed by atoms with van der Waals surface area (Å²) in [7, 11) is 0. The number of primary amides is 1. The molecule has 3 rings (SSSR count). The number of nitrogens with two attached hydrogens (primary N) is 1. The molecule has 0 spiro atoms. The van der Waals surface area contributed by atoms with E-state index >= 15 is 0 Å². The molecule has 8 heteroatoms. The lowest BCUT2D eigenvalue weighted by Crippen LogP contribution is -2.50. The van der Waals surface area contributed by atoms with Crippen LogP contribution in [0, 0.1) is 0 Å². The van der Waals surface area contributed by atoms with Gasteiger partial charge in [-0.25, -0.2) is 4.79 Å². The third-order valence-corrected chi connectivity index (χ3v) is 4.19. The van der Waals surface area contributed by atoms with Crippen molar-refractivity contribution in [2.75, 3.05) is 31.1 Å². The van der Waals surface area contributed by atoms with Crippen LogP contribution in [0.1, 0.15) is 0 Å². The molecule has 2 heterocycles. The first-order valence-corrected chi connectivity index (χ1v) is 7.58. The zero-order chi connectivity index (χ0) is 16.4. The van der Waals surface area contributed by atoms with Crippen molar-refractivity contribution < 1.29 is 4.79 Å². The van der Waals surface area contributed by atoms with Crippen LogP contribution in [0.5, 0.6) is 0 Å². The summed E-state index contributed by atoms with van der Waals surface area (Å²) in [6.45, 7) is 2.10. The fraction of sp³-hybridized carbons (Fsp3) is 0.267. The number of piperazine rings is 1. The van der Waals surface area contributed by atoms with Gasteiger partial charge in [-0.15, -0.1) is 0 Å². The standard InChI is InChI=1S/C15H16ClN5O2/c16-13-12(19-6-8-20(9-7-19)15(17)23)10-18-21(14(13)22)11-4-2-1-3-5-11/h1-5,10H,6-9H2,(H2,17,23). The fourth-order valence-corrected chi connectivity index (χ4v) is 2.81. The monoisotopic (exact) mass is 333 g/mol. The number of urea groups is 1. The minimum absolute atomic E-state index is 0.122. The van der Waals surface area contributed by atoms with Gasteiger partial charge < -0.3 is 15.5 Å². The van der Waals surface area contributed by atoms with Gasteiger partial charge in [-0.3, -0.25) is 4.79 Å². The van der Waals surface area contributed by atoms with Crippen molar-refractivity contribution in [3.8, 4) is 5.69 Å². The highest BCUT2D eigenvalue weighted by atomic mass is 35.5. The Morgan fingerprint density at radius 2 is 1.78 bits per heavy atom. The van der Waals surface area contributed by atoms with E-state index in [4.69, 9.17) is 17.3 Å². The van der Waals surface area contributed by atoms with Crippen molar-refractivity contribution in [3.05, 3.63) is 51.9 Å². The summed E-state index contributed by atoms with van der Waals surface area (Å²) in [5, 5.41) is 4.33. The van der Waals surface area contributed by atoms with Crippen molar-refractivity contribution in [1.29, 1.82) is 0 Å². The molecule has 0 radical (unpaired) electrons. The number of amides is 2. The first-order valence-electron chi connectivity index (χ1n) is 7.20. The quantitative estimate of drug-likeness (QED) is 0.891. The van der Waals surface area contributed by atoms with Crippen molar-refractivity contribution in [1.82, 2.24) is 14.7 Å². The number of nitrogens with zero attached hydrogens (tertiary/aromatic N) is 4. The smallest absolute Gasteiger partial charge is 0.314 e. The molecular formula is C15H16ClN5O2. The van der Waals surface area contributed by atoms with E-state index in [1.165, 1.54) is 4.68 Å². The second-order valence-electron chi connectivity index (χ2n) is 5.21. The number of benzene rings is 1. The third-order valence-electron chi connectivity index (χ3n) is 3.83. The summed E-state index contributed by atoms with van der Waals surface area (Å²) >= 11 is 6.26. The molecule has 0 bridgehead atoms. The SMILES string of the molecule is NC(=O)N1CCN(c2cnn(-c3ccccc3)c(=O)c2Cl)CC1. The molecule has 0 aliphatic carbocycles. The van der Waals surface area contributed by atoms with E-state index in [0.717, 1.165) is 0 Å². The predicted molar refractivity (Wildman–Crippen MR) is 88.2 cm³/mol. The molecule has 1 saturated heterocycles. The molecule has 2 amide bonds. The van der Waals surface area contributed by atoms with E-state index < -0.39 is 6.03 Å². The van der Waals surface area contributed by atoms with E-state index in [-0.39, 0.29) is 10.6 Å². The molecule has 1 aliphatic rings. The number of halogens is 1. The summed E-state index contributed by atoms with van der Waals surface area (Å²) < 4.78 is 1.27. The Morgan fingerprint density at radius 1 is 1.13 bits per heavy atom. The zero-order valence-electron chi connectivity index (χ0n) is 12.4. The molecule has 0 unspecified atom stereocenters. The number of carbonyl (C=O) groups excluding carboxylic acids is 1. The molecule has 1 aromatic heterocycles. The summed E-state index contributed by atoms with van der Waals surface area (Å²) in [5.74, 6) is 0. The van der Waals surface area contributed by atoms with E-state index in [9.17, 15) is 9.59 Å². The zero-order valence-corrected chi connectivity index (χ0v) is 13.1. The van der Waals surface area contributed by atoms with Crippen LogP contribution in [-0.4, -0.2) is 46.9 Å². The predicted octanol–water partition coefficient (Wildman–Crippen LogP) is 1.09. The number of hydrogen-bond donors (Lipinski definition) is 1. The Kier molecular flexibility index (Phi) is 4.20. The molecule has 2 N–H and O–H groups in total. The molecular weight excluding hydrogens is 318 g/mol. The number of carbonyl (C=O) groups is 1. The van der Waals surface area contributed by atoms with E-state index in [0.29, 0.717) is 37.6 Å². The number of anilines is 1. The van der Waals surface area contributed by atoms with Gasteiger partial charge >= 0.3 is 6.03 Å². The summed E-state index contributed by atoms with van der Waals surface area (Å²) in [6, 6.07) is 8.66. The van der Waals surface area contributed by atoms with Gasteiger partial charge in [0.25, 0.3) is 5.56 Å². The molecule has 2 aromatic rings. The number of hydrogen-bond acceptors (Lipinski definition) is 4. The molecule has 1 fully saturated rings. The minimum atomic E-state index is -0.437. The minimum Gasteiger partial charge on any atom is -0.365 e. The Bertz CT molecular complexity index is 769. The number of aromatic nitrogens is 2. The maximum absolute atomic E-state index is 12.5. The van der Waals surface area contributed by atoms with Gasteiger partial charge in [-0.2, -0.15) is 9.78 Å². The van der Waals surface area contributed by atoms with Gasteiger partial charge in [0.1, 0.15) is 5.02 Å². The Balaban J connectivity index is 1.87. The van der Waals surface area contributed by atoms with Crippen molar-refractivity contribution in [3.63, 3.8) is 0 Å². The van der Waals surface area contributed by atoms with Crippen LogP contribution in [0.3, 0.4) is 0 Å². The normalized spacial score (nSPS) is 14.8. The first kappa shape index (κ1) is 15.4. The summed E-state index contributed by atoms with van der Waals surface area (Å²) in [4.78, 5) is 27.1. The van der Waals surface area contributed by atoms with E-state index in [2.05, 4.69) is 5.10 Å². The van der Waals surface area contributed by atoms with Gasteiger partial charge in [0, 0.05) is 26.2 Å². The highest BCUT2D eigenvalue weighted by molar-refractivity contribution is 6.33. The van der Waals surface area contributed by atoms with E-state index in [1.54, 1.807) is 23.2 Å². The fourth-order valence-electron chi connectivity index (χ4n) is 2.57. The van der Waals surface area contributed by atoms with Gasteiger partial charge in [0.15, 0.2) is 0 Å². The largest absolute Gasteiger partial charge is 0.365 e. The molecule has 1 aromatic carbocycles. The first-order chi connectivity index (χ1) is 11.1. The van der Waals surface area contributed by atoms with Crippen LogP contribution in [0.25, 0.3) is 5.69 Å². The molecule has 0 saturated carbocycles. The maximum atomic E-state index is 12.5. The van der Waals surface area contributed by atoms with Crippen molar-refractivity contribution in [2.45, 2.75) is 0 Å². The van der Waals surface area contributed by atoms with Gasteiger partial charge in [0.05, 0.1) is 17.6 Å². The van der Waals surface area contributed by atoms with Gasteiger partial charge in [-0.1, -0.05) is 29.8 Å². The van der Waals surface area contributed by atoms with Crippen LogP contribution in [0.4, 0.5) is 10.5 Å². The van der Waals surface area contributed by atoms with Crippen LogP contribution in [-0.2, 0) is 0 Å². The highest BCUT2D eigenvalue weighted by Crippen LogP contribution is 2.22. The molecule has 0 atom stereocenters. The van der Waals surface area contributed by atoms with E-state index in [1.807, 2.05) is 23.1 Å². The third kappa shape index (κ3) is 3.00. The van der Waals surface area contributed by atoms with Crippen molar-refractivity contribution in [2.24, 2.45) is 5.73 Å². The Hall–Kier alpha value is -2.54. The second-order valence-corrected chi connectivity index (χ2v) is 5.59. The summed E-state index contributed by atoms with van der Waals surface area (Å²) in [6.07, 6.45) is 1.58. The van der Waals surface area contributed by atoms with Crippen LogP contribution in [0.2, 0.25) is 5.02 Å². The van der Waals surface area contributed by atoms with Crippen LogP contribution >= 0.6 is 11.6 Å². The average Bonchev–Trinajstić information content (AvgIpc) is 2.58. The van der Waals surface area contributed by atoms with Crippen LogP contribution in [0.15, 0.2) is 41.3 Å². The van der Waals surface area contributed by atoms with Gasteiger partial charge in [-0.05, 0) is 12.1 Å². The van der Waals surface area contributed by atoms with Crippen LogP contribution < -0.4 is 16.2 Å². The second kappa shape index (κ2) is 6.29. The maximum Gasteiger partial charge on any atom is 0.314 e. The topological polar surface area (TPSA) is 84.5 Å². The van der Waals surface area contributed by atoms with Gasteiger partial charge in [0.2, 0.25) is 0 Å². The number of rotatable bonds is 2. The molecule has 7 nitrogen and oxygen atoms in total. The Labute approximate surface area is 137 Å². The Morgan fingerprint density at radius 3 is 2.39 bits per heavy atom. The summed E-state index contributed by atoms with van der Waals surface area (Å²) in [5.41, 5.74) is 6.13. The lowest BCUT2D eigenvalue weighted by Gasteiger charge is -2.35.